The van der Waals surface area contributed by atoms with Crippen LogP contribution in [-0.2, 0) is 0 Å². The number of rotatable bonds is 2. The van der Waals surface area contributed by atoms with E-state index in [4.69, 9.17) is 0 Å². The quantitative estimate of drug-likeness (QED) is 0.422. The van der Waals surface area contributed by atoms with Crippen LogP contribution in [-0.4, -0.2) is 31.2 Å². The minimum absolute atomic E-state index is 0.834. The van der Waals surface area contributed by atoms with Gasteiger partial charge in [0.25, 0.3) is 0 Å². The molecule has 1 atom stereocenters. The third-order valence-corrected chi connectivity index (χ3v) is 2.95. The summed E-state index contributed by atoms with van der Waals surface area (Å²) < 4.78 is 1.20. The van der Waals surface area contributed by atoms with E-state index in [-0.39, 0.29) is 0 Å². The first-order valence-corrected chi connectivity index (χ1v) is 4.60. The van der Waals surface area contributed by atoms with Gasteiger partial charge in [-0.05, 0) is 19.3 Å². The van der Waals surface area contributed by atoms with Gasteiger partial charge in [0, 0.05) is 6.42 Å². The van der Waals surface area contributed by atoms with Gasteiger partial charge in [0.15, 0.2) is 0 Å². The zero-order valence-corrected chi connectivity index (χ0v) is 7.84. The van der Waals surface area contributed by atoms with Crippen molar-refractivity contribution in [2.24, 2.45) is 0 Å². The normalized spacial score (nSPS) is 29.8. The fraction of sp³-hybridized carbons (Fsp3) is 0.800. The lowest BCUT2D eigenvalue weighted by Gasteiger charge is -2.41. The van der Waals surface area contributed by atoms with Crippen molar-refractivity contribution in [1.82, 2.24) is 0 Å². The molecule has 1 heteroatoms. The Morgan fingerprint density at radius 1 is 1.45 bits per heavy atom. The van der Waals surface area contributed by atoms with Crippen molar-refractivity contribution < 1.29 is 4.48 Å². The van der Waals surface area contributed by atoms with Crippen molar-refractivity contribution in [3.8, 4) is 0 Å². The molecule has 0 aromatic heterocycles. The van der Waals surface area contributed by atoms with E-state index in [0.717, 1.165) is 6.04 Å². The largest absolute Gasteiger partial charge is 0.326 e. The number of hydrogen-bond donors (Lipinski definition) is 0. The molecule has 11 heavy (non-hydrogen) atoms. The van der Waals surface area contributed by atoms with Gasteiger partial charge in [-0.15, -0.1) is 6.58 Å². The fourth-order valence-electron chi connectivity index (χ4n) is 2.03. The maximum atomic E-state index is 3.81. The molecule has 1 aliphatic rings. The van der Waals surface area contributed by atoms with Crippen LogP contribution < -0.4 is 0 Å². The topological polar surface area (TPSA) is 0 Å². The average molecular weight is 154 g/mol. The zero-order chi connectivity index (χ0) is 8.32. The predicted octanol–water partition coefficient (Wildman–Crippen LogP) is 2.19. The predicted molar refractivity (Wildman–Crippen MR) is 49.4 cm³/mol. The molecule has 0 N–H and O–H groups in total. The molecule has 1 unspecified atom stereocenters. The maximum Gasteiger partial charge on any atom is 0.0921 e. The molecule has 0 aromatic rings. The summed E-state index contributed by atoms with van der Waals surface area (Å²) in [6.07, 6.45) is 7.46. The highest BCUT2D eigenvalue weighted by Gasteiger charge is 2.29. The molecule has 0 spiro atoms. The zero-order valence-electron chi connectivity index (χ0n) is 7.84. The van der Waals surface area contributed by atoms with Crippen molar-refractivity contribution in [3.05, 3.63) is 12.7 Å². The molecule has 1 aliphatic heterocycles. The number of hydrogen-bond acceptors (Lipinski definition) is 0. The summed E-state index contributed by atoms with van der Waals surface area (Å²) in [5.74, 6) is 0. The second-order valence-electron chi connectivity index (χ2n) is 4.18. The van der Waals surface area contributed by atoms with Crippen LogP contribution in [0.4, 0.5) is 0 Å². The lowest BCUT2D eigenvalue weighted by Crippen LogP contribution is -2.51. The highest BCUT2D eigenvalue weighted by Crippen LogP contribution is 2.23. The first-order valence-electron chi connectivity index (χ1n) is 4.60. The van der Waals surface area contributed by atoms with Gasteiger partial charge in [-0.1, -0.05) is 6.08 Å². The van der Waals surface area contributed by atoms with Gasteiger partial charge in [0.2, 0.25) is 0 Å². The molecule has 0 bridgehead atoms. The second-order valence-corrected chi connectivity index (χ2v) is 4.18. The highest BCUT2D eigenvalue weighted by atomic mass is 15.3. The Balaban J connectivity index is 2.52. The smallest absolute Gasteiger partial charge is 0.0921 e. The standard InChI is InChI=1S/C10H20N/c1-4-7-10-8-5-6-9-11(10,2)3/h4,10H,1,5-9H2,2-3H3/q+1. The first kappa shape index (κ1) is 8.79. The Bertz CT molecular complexity index is 138. The molecular formula is C10H20N+. The minimum atomic E-state index is 0.834. The number of likely N-dealkylation sites (tertiary alicyclic amines) is 1. The van der Waals surface area contributed by atoms with Gasteiger partial charge >= 0.3 is 0 Å². The molecule has 1 nitrogen and oxygen atoms in total. The van der Waals surface area contributed by atoms with E-state index in [9.17, 15) is 0 Å². The maximum absolute atomic E-state index is 3.81. The Labute approximate surface area is 70.3 Å². The summed E-state index contributed by atoms with van der Waals surface area (Å²) in [6, 6.07) is 0.834. The van der Waals surface area contributed by atoms with E-state index in [2.05, 4.69) is 26.8 Å². The monoisotopic (exact) mass is 154 g/mol. The Morgan fingerprint density at radius 3 is 2.73 bits per heavy atom. The molecule has 1 saturated heterocycles. The van der Waals surface area contributed by atoms with Crippen LogP contribution >= 0.6 is 0 Å². The summed E-state index contributed by atoms with van der Waals surface area (Å²) >= 11 is 0. The van der Waals surface area contributed by atoms with E-state index in [1.54, 1.807) is 0 Å². The number of nitrogens with zero attached hydrogens (tertiary/aromatic N) is 1. The Morgan fingerprint density at radius 2 is 2.18 bits per heavy atom. The van der Waals surface area contributed by atoms with Crippen LogP contribution in [0.5, 0.6) is 0 Å². The van der Waals surface area contributed by atoms with Crippen LogP contribution in [0.25, 0.3) is 0 Å². The number of quaternary nitrogens is 1. The molecular weight excluding hydrogens is 134 g/mol. The van der Waals surface area contributed by atoms with Crippen molar-refractivity contribution in [2.75, 3.05) is 20.6 Å². The van der Waals surface area contributed by atoms with Crippen molar-refractivity contribution in [3.63, 3.8) is 0 Å². The fourth-order valence-corrected chi connectivity index (χ4v) is 2.03. The van der Waals surface area contributed by atoms with Gasteiger partial charge in [-0.25, -0.2) is 0 Å². The van der Waals surface area contributed by atoms with Crippen molar-refractivity contribution in [1.29, 1.82) is 0 Å². The van der Waals surface area contributed by atoms with Gasteiger partial charge < -0.3 is 4.48 Å². The van der Waals surface area contributed by atoms with Crippen LogP contribution in [0.3, 0.4) is 0 Å². The van der Waals surface area contributed by atoms with E-state index >= 15 is 0 Å². The average Bonchev–Trinajstić information content (AvgIpc) is 1.94. The van der Waals surface area contributed by atoms with Crippen molar-refractivity contribution in [2.45, 2.75) is 31.7 Å². The van der Waals surface area contributed by atoms with Gasteiger partial charge in [-0.3, -0.25) is 0 Å². The first-order chi connectivity index (χ1) is 5.17. The molecule has 1 fully saturated rings. The molecule has 1 rings (SSSR count). The van der Waals surface area contributed by atoms with Crippen LogP contribution in [0.2, 0.25) is 0 Å². The van der Waals surface area contributed by atoms with Crippen LogP contribution in [0.1, 0.15) is 25.7 Å². The molecule has 1 heterocycles. The van der Waals surface area contributed by atoms with E-state index < -0.39 is 0 Å². The summed E-state index contributed by atoms with van der Waals surface area (Å²) in [5.41, 5.74) is 0. The molecule has 0 aromatic carbocycles. The second kappa shape index (κ2) is 3.40. The Kier molecular flexibility index (Phi) is 2.72. The molecule has 0 amide bonds. The van der Waals surface area contributed by atoms with E-state index in [1.165, 1.54) is 36.7 Å². The van der Waals surface area contributed by atoms with E-state index in [0.29, 0.717) is 0 Å². The highest BCUT2D eigenvalue weighted by molar-refractivity contribution is 4.75. The van der Waals surface area contributed by atoms with Gasteiger partial charge in [0.05, 0.1) is 26.7 Å². The lowest BCUT2D eigenvalue weighted by molar-refractivity contribution is -0.919. The molecule has 0 radical (unpaired) electrons. The summed E-state index contributed by atoms with van der Waals surface area (Å²) in [5, 5.41) is 0. The Hall–Kier alpha value is -0.300. The summed E-state index contributed by atoms with van der Waals surface area (Å²) in [7, 11) is 4.68. The van der Waals surface area contributed by atoms with Crippen LogP contribution in [0.15, 0.2) is 12.7 Å². The minimum Gasteiger partial charge on any atom is -0.326 e. The van der Waals surface area contributed by atoms with E-state index in [1.807, 2.05) is 0 Å². The SMILES string of the molecule is C=CCC1CCCC[N+]1(C)C. The number of piperidine rings is 1. The van der Waals surface area contributed by atoms with Crippen molar-refractivity contribution >= 4 is 0 Å². The lowest BCUT2D eigenvalue weighted by atomic mass is 9.98. The van der Waals surface area contributed by atoms with Gasteiger partial charge in [-0.2, -0.15) is 0 Å². The third kappa shape index (κ3) is 2.06. The molecule has 0 aliphatic carbocycles. The van der Waals surface area contributed by atoms with Crippen LogP contribution in [0, 0.1) is 0 Å². The molecule has 64 valence electrons. The van der Waals surface area contributed by atoms with Gasteiger partial charge in [0.1, 0.15) is 0 Å². The summed E-state index contributed by atoms with van der Waals surface area (Å²) in [4.78, 5) is 0. The summed E-state index contributed by atoms with van der Waals surface area (Å²) in [6.45, 7) is 5.16. The third-order valence-electron chi connectivity index (χ3n) is 2.95. The molecule has 0 saturated carbocycles.